The van der Waals surface area contributed by atoms with Crippen LogP contribution in [0.2, 0.25) is 0 Å². The molecule has 0 radical (unpaired) electrons. The molecule has 0 spiro atoms. The lowest BCUT2D eigenvalue weighted by molar-refractivity contribution is -0.115. The van der Waals surface area contributed by atoms with Crippen molar-refractivity contribution < 1.29 is 13.9 Å². The predicted molar refractivity (Wildman–Crippen MR) is 97.3 cm³/mol. The van der Waals surface area contributed by atoms with Gasteiger partial charge in [0.1, 0.15) is 23.5 Å². The van der Waals surface area contributed by atoms with Crippen LogP contribution < -0.4 is 10.2 Å². The van der Waals surface area contributed by atoms with Gasteiger partial charge in [0, 0.05) is 25.3 Å². The topological polar surface area (TPSA) is 79.7 Å². The van der Waals surface area contributed by atoms with E-state index in [0.29, 0.717) is 43.4 Å². The Labute approximate surface area is 155 Å². The zero-order valence-corrected chi connectivity index (χ0v) is 14.6. The lowest BCUT2D eigenvalue weighted by Crippen LogP contribution is -2.39. The second-order valence-electron chi connectivity index (χ2n) is 6.94. The van der Waals surface area contributed by atoms with Crippen molar-refractivity contribution in [2.24, 2.45) is 4.99 Å². The number of benzene rings is 1. The molecule has 7 nitrogen and oxygen atoms in total. The van der Waals surface area contributed by atoms with Gasteiger partial charge in [-0.15, -0.1) is 0 Å². The number of halogens is 1. The zero-order chi connectivity index (χ0) is 18.4. The molecular formula is C19H18FN5O2. The summed E-state index contributed by atoms with van der Waals surface area (Å²) in [5, 5.41) is 2.97. The van der Waals surface area contributed by atoms with E-state index in [1.807, 2.05) is 4.90 Å². The van der Waals surface area contributed by atoms with Gasteiger partial charge >= 0.3 is 0 Å². The van der Waals surface area contributed by atoms with Crippen LogP contribution in [0.3, 0.4) is 0 Å². The Balaban J connectivity index is 1.44. The van der Waals surface area contributed by atoms with E-state index >= 15 is 0 Å². The summed E-state index contributed by atoms with van der Waals surface area (Å²) in [7, 11) is 0. The van der Waals surface area contributed by atoms with E-state index in [2.05, 4.69) is 20.3 Å². The van der Waals surface area contributed by atoms with E-state index in [-0.39, 0.29) is 17.8 Å². The van der Waals surface area contributed by atoms with Crippen molar-refractivity contribution in [1.82, 2.24) is 15.3 Å². The lowest BCUT2D eigenvalue weighted by Gasteiger charge is -2.19. The molecule has 2 aromatic rings. The average molecular weight is 367 g/mol. The molecule has 27 heavy (non-hydrogen) atoms. The molecule has 0 saturated carbocycles. The number of aromatic nitrogens is 2. The van der Waals surface area contributed by atoms with Gasteiger partial charge in [0.25, 0.3) is 5.91 Å². The van der Waals surface area contributed by atoms with Crippen LogP contribution in [-0.2, 0) is 22.4 Å². The number of nitrogens with one attached hydrogen (secondary N) is 1. The first kappa shape index (κ1) is 16.3. The van der Waals surface area contributed by atoms with Gasteiger partial charge in [-0.2, -0.15) is 0 Å². The van der Waals surface area contributed by atoms with Crippen molar-refractivity contribution in [3.63, 3.8) is 0 Å². The summed E-state index contributed by atoms with van der Waals surface area (Å²) < 4.78 is 18.8. The monoisotopic (exact) mass is 367 g/mol. The third-order valence-electron chi connectivity index (χ3n) is 5.18. The molecule has 138 valence electrons. The molecule has 8 heteroatoms. The summed E-state index contributed by atoms with van der Waals surface area (Å²) in [6, 6.07) is 4.81. The van der Waals surface area contributed by atoms with Crippen molar-refractivity contribution in [1.29, 1.82) is 0 Å². The Kier molecular flexibility index (Phi) is 3.86. The second-order valence-corrected chi connectivity index (χ2v) is 6.94. The van der Waals surface area contributed by atoms with E-state index in [1.165, 1.54) is 12.4 Å². The number of carbonyl (C=O) groups excluding carboxylic acids is 1. The van der Waals surface area contributed by atoms with E-state index in [9.17, 15) is 9.18 Å². The molecule has 1 aromatic heterocycles. The van der Waals surface area contributed by atoms with Crippen molar-refractivity contribution in [2.45, 2.75) is 25.3 Å². The maximum Gasteiger partial charge on any atom is 0.266 e. The van der Waals surface area contributed by atoms with Crippen molar-refractivity contribution >= 4 is 28.8 Å². The van der Waals surface area contributed by atoms with Crippen LogP contribution in [-0.4, -0.2) is 47.4 Å². The summed E-state index contributed by atoms with van der Waals surface area (Å²) in [4.78, 5) is 27.8. The highest BCUT2D eigenvalue weighted by molar-refractivity contribution is 6.41. The number of ether oxygens (including phenoxy) is 1. The standard InChI is InChI=1S/C19H18FN5O2/c20-12-1-2-16-11(7-12)3-5-25(16)18-17-14(21-10-22-18)8-15(24-17)19(26)23-13-4-6-27-9-13/h1-2,7,10,13H,3-6,8-9H2,(H,23,26). The molecule has 1 atom stereocenters. The maximum absolute atomic E-state index is 13.5. The fourth-order valence-corrected chi connectivity index (χ4v) is 3.82. The number of aliphatic imine (C=N–C) groups is 1. The lowest BCUT2D eigenvalue weighted by atomic mass is 10.1. The summed E-state index contributed by atoms with van der Waals surface area (Å²) in [5.74, 6) is 0.243. The summed E-state index contributed by atoms with van der Waals surface area (Å²) in [6.45, 7) is 1.90. The smallest absolute Gasteiger partial charge is 0.266 e. The molecule has 1 N–H and O–H groups in total. The first-order chi connectivity index (χ1) is 13.2. The molecule has 1 fully saturated rings. The molecule has 1 aromatic carbocycles. The molecule has 1 amide bonds. The summed E-state index contributed by atoms with van der Waals surface area (Å²) in [5.41, 5.74) is 3.68. The molecule has 3 aliphatic heterocycles. The van der Waals surface area contributed by atoms with E-state index in [0.717, 1.165) is 29.8 Å². The summed E-state index contributed by atoms with van der Waals surface area (Å²) >= 11 is 0. The Morgan fingerprint density at radius 2 is 2.26 bits per heavy atom. The number of amides is 1. The molecule has 1 unspecified atom stereocenters. The van der Waals surface area contributed by atoms with Crippen LogP contribution in [0, 0.1) is 5.82 Å². The van der Waals surface area contributed by atoms with Gasteiger partial charge in [-0.25, -0.2) is 19.4 Å². The van der Waals surface area contributed by atoms with Crippen LogP contribution in [0.5, 0.6) is 0 Å². The van der Waals surface area contributed by atoms with Gasteiger partial charge in [-0.1, -0.05) is 0 Å². The Morgan fingerprint density at radius 3 is 3.11 bits per heavy atom. The number of anilines is 2. The fraction of sp³-hybridized carbons (Fsp3) is 0.368. The van der Waals surface area contributed by atoms with Crippen molar-refractivity contribution in [3.8, 4) is 0 Å². The van der Waals surface area contributed by atoms with Crippen LogP contribution >= 0.6 is 0 Å². The van der Waals surface area contributed by atoms with Gasteiger partial charge in [-0.05, 0) is 36.6 Å². The van der Waals surface area contributed by atoms with Crippen LogP contribution in [0.4, 0.5) is 21.6 Å². The molecular weight excluding hydrogens is 349 g/mol. The van der Waals surface area contributed by atoms with Crippen LogP contribution in [0.1, 0.15) is 17.7 Å². The first-order valence-electron chi connectivity index (χ1n) is 9.05. The molecule has 5 rings (SSSR count). The van der Waals surface area contributed by atoms with Crippen LogP contribution in [0.25, 0.3) is 0 Å². The minimum atomic E-state index is -0.239. The van der Waals surface area contributed by atoms with Gasteiger partial charge in [-0.3, -0.25) is 4.79 Å². The van der Waals surface area contributed by atoms with Gasteiger partial charge in [0.05, 0.1) is 18.3 Å². The van der Waals surface area contributed by atoms with Crippen molar-refractivity contribution in [2.75, 3.05) is 24.7 Å². The van der Waals surface area contributed by atoms with E-state index in [1.54, 1.807) is 12.1 Å². The minimum Gasteiger partial charge on any atom is -0.379 e. The second kappa shape index (κ2) is 6.38. The van der Waals surface area contributed by atoms with Gasteiger partial charge in [0.15, 0.2) is 5.82 Å². The van der Waals surface area contributed by atoms with E-state index < -0.39 is 0 Å². The highest BCUT2D eigenvalue weighted by Crippen LogP contribution is 2.41. The Morgan fingerprint density at radius 1 is 1.33 bits per heavy atom. The highest BCUT2D eigenvalue weighted by Gasteiger charge is 2.31. The number of carbonyl (C=O) groups is 1. The molecule has 1 saturated heterocycles. The number of rotatable bonds is 3. The van der Waals surface area contributed by atoms with Gasteiger partial charge < -0.3 is 15.0 Å². The van der Waals surface area contributed by atoms with Crippen LogP contribution in [0.15, 0.2) is 29.5 Å². The van der Waals surface area contributed by atoms with Crippen molar-refractivity contribution in [3.05, 3.63) is 41.6 Å². The number of hydrogen-bond acceptors (Lipinski definition) is 6. The Hall–Kier alpha value is -2.87. The molecule has 0 aliphatic carbocycles. The number of nitrogens with zero attached hydrogens (tertiary/aromatic N) is 4. The molecule has 3 aliphatic rings. The van der Waals surface area contributed by atoms with Gasteiger partial charge in [0.2, 0.25) is 0 Å². The Bertz CT molecular complexity index is 955. The number of fused-ring (bicyclic) bond motifs is 2. The quantitative estimate of drug-likeness (QED) is 0.896. The number of hydrogen-bond donors (Lipinski definition) is 1. The largest absolute Gasteiger partial charge is 0.379 e. The summed E-state index contributed by atoms with van der Waals surface area (Å²) in [6.07, 6.45) is 3.44. The third kappa shape index (κ3) is 2.86. The van der Waals surface area contributed by atoms with E-state index in [4.69, 9.17) is 4.74 Å². The average Bonchev–Trinajstić information content (AvgIpc) is 3.40. The normalized spacial score (nSPS) is 20.4. The minimum absolute atomic E-state index is 0.0369. The SMILES string of the molecule is O=C(NC1CCOC1)C1=Nc2c(ncnc2N2CCc3cc(F)ccc32)C1. The fourth-order valence-electron chi connectivity index (χ4n) is 3.82. The third-order valence-corrected chi connectivity index (χ3v) is 5.18. The maximum atomic E-state index is 13.5. The zero-order valence-electron chi connectivity index (χ0n) is 14.6. The predicted octanol–water partition coefficient (Wildman–Crippen LogP) is 1.84. The first-order valence-corrected chi connectivity index (χ1v) is 9.05. The molecule has 0 bridgehead atoms. The highest BCUT2D eigenvalue weighted by atomic mass is 19.1. The molecule has 4 heterocycles.